The largest absolute Gasteiger partial charge is 0.482 e. The maximum atomic E-state index is 13.7. The molecule has 0 aromatic heterocycles. The number of carbonyl (C=O) groups excluding carboxylic acids is 2. The molecule has 172 valence electrons. The highest BCUT2D eigenvalue weighted by Crippen LogP contribution is 2.37. The number of hydrogen-bond donors (Lipinski definition) is 1. The lowest BCUT2D eigenvalue weighted by atomic mass is 10.0. The quantitative estimate of drug-likeness (QED) is 0.579. The van der Waals surface area contributed by atoms with Gasteiger partial charge in [-0.15, -0.1) is 0 Å². The number of fused-ring (bicyclic) bond motifs is 1. The number of anilines is 1. The van der Waals surface area contributed by atoms with Crippen molar-refractivity contribution in [3.8, 4) is 5.75 Å². The van der Waals surface area contributed by atoms with Gasteiger partial charge >= 0.3 is 0 Å². The van der Waals surface area contributed by atoms with Gasteiger partial charge in [0.1, 0.15) is 10.6 Å². The zero-order chi connectivity index (χ0) is 22.6. The number of piperidine rings is 1. The third kappa shape index (κ3) is 5.49. The van der Waals surface area contributed by atoms with E-state index < -0.39 is 10.0 Å². The first-order valence-corrected chi connectivity index (χ1v) is 12.2. The van der Waals surface area contributed by atoms with Crippen molar-refractivity contribution in [2.45, 2.75) is 44.0 Å². The molecule has 0 aliphatic carbocycles. The van der Waals surface area contributed by atoms with Crippen molar-refractivity contribution in [2.75, 3.05) is 44.8 Å². The van der Waals surface area contributed by atoms with Crippen LogP contribution in [0.4, 0.5) is 5.69 Å². The number of nitrogens with one attached hydrogen (secondary N) is 1. The van der Waals surface area contributed by atoms with Gasteiger partial charge in [0, 0.05) is 51.9 Å². The minimum Gasteiger partial charge on any atom is -0.482 e. The van der Waals surface area contributed by atoms with E-state index in [0.29, 0.717) is 51.3 Å². The molecular formula is C20H28ClN3O6S. The van der Waals surface area contributed by atoms with Crippen molar-refractivity contribution in [2.24, 2.45) is 0 Å². The van der Waals surface area contributed by atoms with Crippen molar-refractivity contribution in [3.05, 3.63) is 17.2 Å². The van der Waals surface area contributed by atoms with Gasteiger partial charge in [-0.3, -0.25) is 9.59 Å². The maximum Gasteiger partial charge on any atom is 0.262 e. The molecule has 0 radical (unpaired) electrons. The molecule has 2 heterocycles. The van der Waals surface area contributed by atoms with E-state index in [4.69, 9.17) is 21.1 Å². The Labute approximate surface area is 187 Å². The fourth-order valence-electron chi connectivity index (χ4n) is 3.84. The number of likely N-dealkylation sites (tertiary alicyclic amines) is 1. The molecular weight excluding hydrogens is 446 g/mol. The smallest absolute Gasteiger partial charge is 0.262 e. The molecule has 0 atom stereocenters. The number of hydrogen-bond acceptors (Lipinski definition) is 6. The van der Waals surface area contributed by atoms with E-state index in [2.05, 4.69) is 5.32 Å². The van der Waals surface area contributed by atoms with Crippen molar-refractivity contribution in [1.29, 1.82) is 0 Å². The molecule has 1 aromatic rings. The first kappa shape index (κ1) is 23.8. The fourth-order valence-corrected chi connectivity index (χ4v) is 6.08. The van der Waals surface area contributed by atoms with Crippen LogP contribution in [0.5, 0.6) is 5.75 Å². The summed E-state index contributed by atoms with van der Waals surface area (Å²) in [6, 6.07) is 2.51. The minimum atomic E-state index is -3.95. The Hall–Kier alpha value is -1.88. The van der Waals surface area contributed by atoms with Gasteiger partial charge in [-0.25, -0.2) is 8.42 Å². The summed E-state index contributed by atoms with van der Waals surface area (Å²) >= 11 is 6.33. The second-order valence-electron chi connectivity index (χ2n) is 7.52. The Balaban J connectivity index is 1.88. The first-order chi connectivity index (χ1) is 14.7. The average Bonchev–Trinajstić information content (AvgIpc) is 2.73. The first-order valence-electron chi connectivity index (χ1n) is 10.3. The lowest BCUT2D eigenvalue weighted by Gasteiger charge is -2.37. The number of halogens is 1. The number of sulfonamides is 1. The SMILES string of the molecule is CCOCCCN(C1CCN(C(C)=O)CC1)S(=O)(=O)c1cc2c(cc1Cl)NC(=O)CO2. The predicted octanol–water partition coefficient (Wildman–Crippen LogP) is 2.10. The molecule has 9 nitrogen and oxygen atoms in total. The molecule has 2 aliphatic heterocycles. The average molecular weight is 474 g/mol. The van der Waals surface area contributed by atoms with Gasteiger partial charge in [-0.2, -0.15) is 4.31 Å². The molecule has 1 saturated heterocycles. The number of benzene rings is 1. The van der Waals surface area contributed by atoms with Crippen LogP contribution < -0.4 is 10.1 Å². The summed E-state index contributed by atoms with van der Waals surface area (Å²) in [5.74, 6) is -0.0710. The lowest BCUT2D eigenvalue weighted by Crippen LogP contribution is -2.48. The zero-order valence-electron chi connectivity index (χ0n) is 17.7. The Kier molecular flexibility index (Phi) is 7.79. The van der Waals surface area contributed by atoms with Crippen LogP contribution >= 0.6 is 11.6 Å². The topological polar surface area (TPSA) is 105 Å². The molecule has 0 spiro atoms. The van der Waals surface area contributed by atoms with Gasteiger partial charge in [0.15, 0.2) is 6.61 Å². The Morgan fingerprint density at radius 1 is 1.35 bits per heavy atom. The van der Waals surface area contributed by atoms with E-state index in [-0.39, 0.29) is 46.7 Å². The van der Waals surface area contributed by atoms with Crippen LogP contribution in [0.1, 0.15) is 33.1 Å². The fraction of sp³-hybridized carbons (Fsp3) is 0.600. The molecule has 1 N–H and O–H groups in total. The third-order valence-corrected chi connectivity index (χ3v) is 7.86. The number of rotatable bonds is 8. The Morgan fingerprint density at radius 2 is 2.06 bits per heavy atom. The zero-order valence-corrected chi connectivity index (χ0v) is 19.3. The van der Waals surface area contributed by atoms with E-state index in [1.165, 1.54) is 23.4 Å². The summed E-state index contributed by atoms with van der Waals surface area (Å²) in [6.45, 7) is 5.51. The maximum absolute atomic E-state index is 13.7. The summed E-state index contributed by atoms with van der Waals surface area (Å²) in [4.78, 5) is 24.9. The van der Waals surface area contributed by atoms with Crippen LogP contribution in [0.2, 0.25) is 5.02 Å². The highest BCUT2D eigenvalue weighted by molar-refractivity contribution is 7.89. The summed E-state index contributed by atoms with van der Waals surface area (Å²) in [7, 11) is -3.95. The van der Waals surface area contributed by atoms with Crippen LogP contribution in [-0.4, -0.2) is 74.9 Å². The molecule has 0 unspecified atom stereocenters. The molecule has 0 saturated carbocycles. The molecule has 1 aromatic carbocycles. The predicted molar refractivity (Wildman–Crippen MR) is 116 cm³/mol. The Morgan fingerprint density at radius 3 is 2.71 bits per heavy atom. The number of amides is 2. The molecule has 1 fully saturated rings. The molecule has 2 amide bonds. The van der Waals surface area contributed by atoms with Gasteiger partial charge in [0.05, 0.1) is 10.7 Å². The van der Waals surface area contributed by atoms with Gasteiger partial charge in [0.25, 0.3) is 5.91 Å². The highest BCUT2D eigenvalue weighted by Gasteiger charge is 2.36. The van der Waals surface area contributed by atoms with Crippen molar-refractivity contribution >= 4 is 39.1 Å². The van der Waals surface area contributed by atoms with Gasteiger partial charge in [0.2, 0.25) is 15.9 Å². The number of nitrogens with zero attached hydrogens (tertiary/aromatic N) is 2. The number of carbonyl (C=O) groups is 2. The molecule has 0 bridgehead atoms. The summed E-state index contributed by atoms with van der Waals surface area (Å²) in [5.41, 5.74) is 0.345. The van der Waals surface area contributed by atoms with Gasteiger partial charge < -0.3 is 19.7 Å². The molecule has 2 aliphatic rings. The van der Waals surface area contributed by atoms with Crippen LogP contribution in [0.15, 0.2) is 17.0 Å². The highest BCUT2D eigenvalue weighted by atomic mass is 35.5. The standard InChI is InChI=1S/C20H28ClN3O6S/c1-3-29-10-4-7-24(15-5-8-23(9-6-15)14(2)25)31(27,28)19-12-18-17(11-16(19)21)22-20(26)13-30-18/h11-12,15H,3-10,13H2,1-2H3,(H,22,26). The van der Waals surface area contributed by atoms with Crippen molar-refractivity contribution in [3.63, 3.8) is 0 Å². The lowest BCUT2D eigenvalue weighted by molar-refractivity contribution is -0.130. The second kappa shape index (κ2) is 10.2. The monoisotopic (exact) mass is 473 g/mol. The molecule has 3 rings (SSSR count). The minimum absolute atomic E-state index is 0.0128. The molecule has 11 heteroatoms. The van der Waals surface area contributed by atoms with Crippen molar-refractivity contribution in [1.82, 2.24) is 9.21 Å². The van der Waals surface area contributed by atoms with E-state index in [1.807, 2.05) is 6.92 Å². The van der Waals surface area contributed by atoms with Crippen LogP contribution in [0.3, 0.4) is 0 Å². The van der Waals surface area contributed by atoms with Crippen LogP contribution in [0, 0.1) is 0 Å². The van der Waals surface area contributed by atoms with Crippen LogP contribution in [-0.2, 0) is 24.3 Å². The second-order valence-corrected chi connectivity index (χ2v) is 9.79. The van der Waals surface area contributed by atoms with E-state index in [0.717, 1.165) is 0 Å². The van der Waals surface area contributed by atoms with E-state index in [9.17, 15) is 18.0 Å². The van der Waals surface area contributed by atoms with Gasteiger partial charge in [-0.05, 0) is 32.3 Å². The Bertz CT molecular complexity index is 931. The van der Waals surface area contributed by atoms with E-state index >= 15 is 0 Å². The summed E-state index contributed by atoms with van der Waals surface area (Å²) in [6.07, 6.45) is 1.63. The van der Waals surface area contributed by atoms with Crippen molar-refractivity contribution < 1.29 is 27.5 Å². The van der Waals surface area contributed by atoms with Crippen LogP contribution in [0.25, 0.3) is 0 Å². The number of ether oxygens (including phenoxy) is 2. The molecule has 31 heavy (non-hydrogen) atoms. The summed E-state index contributed by atoms with van der Waals surface area (Å²) in [5, 5.41) is 2.64. The van der Waals surface area contributed by atoms with E-state index in [1.54, 1.807) is 4.90 Å². The van der Waals surface area contributed by atoms with Gasteiger partial charge in [-0.1, -0.05) is 11.6 Å². The normalized spacial score (nSPS) is 17.3. The third-order valence-electron chi connectivity index (χ3n) is 5.44. The summed E-state index contributed by atoms with van der Waals surface area (Å²) < 4.78 is 39.6.